The maximum atomic E-state index is 15.8. The van der Waals surface area contributed by atoms with E-state index in [-0.39, 0.29) is 92.1 Å². The van der Waals surface area contributed by atoms with Gasteiger partial charge >= 0.3 is 27.0 Å². The number of benzene rings is 3. The molecule has 3 aromatic carbocycles. The maximum Gasteiger partial charge on any atom is 0.475 e. The highest BCUT2D eigenvalue weighted by Crippen LogP contribution is 2.58. The normalized spacial score (nSPS) is 22.0. The zero-order valence-corrected chi connectivity index (χ0v) is 60.3. The molecule has 7 aromatic rings. The Morgan fingerprint density at radius 1 is 0.612 bits per heavy atom. The van der Waals surface area contributed by atoms with Gasteiger partial charge in [-0.15, -0.1) is 0 Å². The first-order valence-electron chi connectivity index (χ1n) is 32.9. The number of methoxy groups -OCH3 is 2. The van der Waals surface area contributed by atoms with Crippen molar-refractivity contribution in [3.8, 4) is 29.7 Å². The molecule has 0 saturated carbocycles. The number of fused-ring (bicyclic) bond motifs is 1. The number of phosphoric acid groups is 2. The average Bonchev–Trinajstić information content (AvgIpc) is 0.775. The average molecular weight is 1480 g/mol. The fraction of sp³-hybridized carbons (Fsp3) is 0.485. The number of hydrogen-bond donors (Lipinski definition) is 4. The SMILES string of the molecule is COc1ccc(C(OC[C@H]2O[C@@H](n3cnc4c(=O)[nH]c(N)nc43)C[C@@H]2OP(=O)(OCCC#N)OC[C@H]2O[C@@H](n3cc(C)c(=O)[nH]c3=O)C[C@@H]2OP(=O)(OCCC#N)OC[C@H]2O[C@@H](n3cc(C)c(=O)[nH]c3=O)C[C@@H]2OP(OCCC#N)N(C(C)C)C(C)C)(c2ccccc2)c2ccc(OC)cc2)cc1. The third-order valence-corrected chi connectivity index (χ3v) is 22.1. The lowest BCUT2D eigenvalue weighted by Crippen LogP contribution is -2.38. The lowest BCUT2D eigenvalue weighted by atomic mass is 9.80. The van der Waals surface area contributed by atoms with Crippen LogP contribution in [0.4, 0.5) is 5.95 Å². The Labute approximate surface area is 591 Å². The number of anilines is 1. The summed E-state index contributed by atoms with van der Waals surface area (Å²) in [6.07, 6.45) is -8.94. The molecule has 0 bridgehead atoms. The summed E-state index contributed by atoms with van der Waals surface area (Å²) >= 11 is 0. The number of aromatic amines is 3. The lowest BCUT2D eigenvalue weighted by molar-refractivity contribution is -0.0949. The molecular formula is C66H80N13O21P3. The van der Waals surface area contributed by atoms with E-state index in [1.54, 1.807) is 38.5 Å². The van der Waals surface area contributed by atoms with Gasteiger partial charge in [0.25, 0.3) is 25.2 Å². The summed E-state index contributed by atoms with van der Waals surface area (Å²) in [6, 6.07) is 29.4. The molecule has 3 aliphatic rings. The minimum atomic E-state index is -5.09. The van der Waals surface area contributed by atoms with Gasteiger partial charge in [0.05, 0.1) is 104 Å². The minimum Gasteiger partial charge on any atom is -0.497 e. The van der Waals surface area contributed by atoms with E-state index in [4.69, 9.17) is 70.3 Å². The van der Waals surface area contributed by atoms with Crippen LogP contribution in [0.15, 0.2) is 122 Å². The molecule has 3 fully saturated rings. The second kappa shape index (κ2) is 34.5. The van der Waals surface area contributed by atoms with Crippen LogP contribution in [0.2, 0.25) is 0 Å². The first kappa shape index (κ1) is 77.2. The molecule has 12 atom stereocenters. The molecule has 5 N–H and O–H groups in total. The summed E-state index contributed by atoms with van der Waals surface area (Å²) in [5.41, 5.74) is 3.07. The van der Waals surface area contributed by atoms with E-state index >= 15 is 9.13 Å². The third kappa shape index (κ3) is 18.2. The smallest absolute Gasteiger partial charge is 0.475 e. The standard InChI is InChI=1S/C66H80N13O21P3/c1-40(2)79(41(3)4)101(90-28-12-25-67)98-49-31-55(76-34-42(5)60(80)74-64(76)83)96-53(49)37-93-102(85,91-29-13-26-68)100-51-32-56(77-35-43(6)61(81)75-65(77)84)97-54(51)38-94-103(86,92-30-14-27-69)99-50-33-57(78-39-71-58-59(78)72-63(70)73-62(58)82)95-52(50)36-89-66(44-15-10-9-11-16-44,45-17-21-47(87-7)22-18-45)46-19-23-48(88-8)24-20-46/h9-11,15-24,34-35,39-41,49-57H,12-14,28-33,36-38H2,1-8H3,(H,74,80,83)(H,75,81,84)(H3,70,72,73,82)/t49-,50-,51-,52+,53+,54+,55+,56+,57+,101?,102?,103?/m0/s1. The van der Waals surface area contributed by atoms with Crippen molar-refractivity contribution in [2.45, 2.75) is 153 Å². The van der Waals surface area contributed by atoms with E-state index in [1.165, 1.54) is 37.1 Å². The Morgan fingerprint density at radius 2 is 1.06 bits per heavy atom. The minimum absolute atomic E-state index is 0.0145. The highest BCUT2D eigenvalue weighted by Gasteiger charge is 2.50. The highest BCUT2D eigenvalue weighted by molar-refractivity contribution is 7.48. The van der Waals surface area contributed by atoms with Gasteiger partial charge in [-0.25, -0.2) is 28.4 Å². The zero-order chi connectivity index (χ0) is 73.8. The monoisotopic (exact) mass is 1480 g/mol. The number of phosphoric ester groups is 2. The Kier molecular flexibility index (Phi) is 25.8. The molecule has 7 heterocycles. The summed E-state index contributed by atoms with van der Waals surface area (Å²) in [5, 5.41) is 29.0. The van der Waals surface area contributed by atoms with Crippen molar-refractivity contribution in [1.82, 2.24) is 43.3 Å². The van der Waals surface area contributed by atoms with Crippen molar-refractivity contribution >= 4 is 41.3 Å². The van der Waals surface area contributed by atoms with Crippen LogP contribution in [-0.4, -0.2) is 146 Å². The summed E-state index contributed by atoms with van der Waals surface area (Å²) in [6.45, 7) is 7.71. The number of rotatable bonds is 35. The van der Waals surface area contributed by atoms with Gasteiger partial charge in [0.15, 0.2) is 11.2 Å². The van der Waals surface area contributed by atoms with Gasteiger partial charge in [0.1, 0.15) is 66.3 Å². The zero-order valence-electron chi connectivity index (χ0n) is 57.6. The molecular weight excluding hydrogens is 1400 g/mol. The van der Waals surface area contributed by atoms with Crippen molar-refractivity contribution in [3.05, 3.63) is 177 Å². The molecule has 0 amide bonds. The van der Waals surface area contributed by atoms with Gasteiger partial charge in [0, 0.05) is 54.9 Å². The first-order valence-corrected chi connectivity index (χ1v) is 36.9. The molecule has 10 rings (SSSR count). The number of nitriles is 3. The van der Waals surface area contributed by atoms with E-state index < -0.39 is 140 Å². The topological polar surface area (TPSA) is 437 Å². The number of aromatic nitrogens is 8. The van der Waals surface area contributed by atoms with Crippen molar-refractivity contribution < 1.29 is 73.7 Å². The van der Waals surface area contributed by atoms with Crippen LogP contribution in [0.25, 0.3) is 11.2 Å². The third-order valence-electron chi connectivity index (χ3n) is 17.0. The number of ether oxygens (including phenoxy) is 6. The molecule has 0 radical (unpaired) electrons. The van der Waals surface area contributed by atoms with Crippen LogP contribution >= 0.6 is 24.2 Å². The molecule has 550 valence electrons. The molecule has 0 spiro atoms. The largest absolute Gasteiger partial charge is 0.497 e. The number of H-pyrrole nitrogens is 3. The molecule has 103 heavy (non-hydrogen) atoms. The highest BCUT2D eigenvalue weighted by atomic mass is 31.2. The number of imidazole rings is 1. The summed E-state index contributed by atoms with van der Waals surface area (Å²) in [7, 11) is -9.07. The van der Waals surface area contributed by atoms with Crippen LogP contribution in [-0.2, 0) is 69.9 Å². The number of nitrogen functional groups attached to an aromatic ring is 1. The van der Waals surface area contributed by atoms with Crippen LogP contribution < -0.4 is 43.3 Å². The van der Waals surface area contributed by atoms with E-state index in [1.807, 2.05) is 99.1 Å². The summed E-state index contributed by atoms with van der Waals surface area (Å²) in [5.74, 6) is 0.887. The van der Waals surface area contributed by atoms with E-state index in [0.29, 0.717) is 28.2 Å². The van der Waals surface area contributed by atoms with Crippen molar-refractivity contribution in [1.29, 1.82) is 15.8 Å². The van der Waals surface area contributed by atoms with Gasteiger partial charge in [-0.1, -0.05) is 54.6 Å². The van der Waals surface area contributed by atoms with Gasteiger partial charge in [0.2, 0.25) is 5.95 Å². The van der Waals surface area contributed by atoms with Crippen molar-refractivity contribution in [2.75, 3.05) is 59.6 Å². The summed E-state index contributed by atoms with van der Waals surface area (Å²) < 4.78 is 125. The quantitative estimate of drug-likeness (QED) is 0.0167. The summed E-state index contributed by atoms with van der Waals surface area (Å²) in [4.78, 5) is 81.2. The Bertz CT molecular complexity index is 4560. The molecule has 3 unspecified atom stereocenters. The van der Waals surface area contributed by atoms with Crippen molar-refractivity contribution in [3.63, 3.8) is 0 Å². The van der Waals surface area contributed by atoms with Crippen LogP contribution in [0, 0.1) is 47.8 Å². The van der Waals surface area contributed by atoms with E-state index in [9.17, 15) is 39.8 Å². The molecule has 0 aliphatic carbocycles. The number of aryl methyl sites for hydroxylation is 2. The number of nitrogens with two attached hydrogens (primary N) is 1. The second-order valence-electron chi connectivity index (χ2n) is 24.6. The van der Waals surface area contributed by atoms with Crippen LogP contribution in [0.3, 0.4) is 0 Å². The fourth-order valence-electron chi connectivity index (χ4n) is 12.1. The molecule has 34 nitrogen and oxygen atoms in total. The van der Waals surface area contributed by atoms with Gasteiger partial charge in [-0.2, -0.15) is 20.8 Å². The lowest BCUT2D eigenvalue weighted by Gasteiger charge is -2.37. The van der Waals surface area contributed by atoms with Crippen LogP contribution in [0.1, 0.15) is 113 Å². The molecule has 4 aromatic heterocycles. The van der Waals surface area contributed by atoms with Gasteiger partial charge in [-0.05, 0) is 82.5 Å². The van der Waals surface area contributed by atoms with Gasteiger partial charge < -0.3 is 43.2 Å². The number of nitrogens with zero attached hydrogens (tertiary/aromatic N) is 9. The molecule has 3 aliphatic heterocycles. The Morgan fingerprint density at radius 3 is 1.53 bits per heavy atom. The van der Waals surface area contributed by atoms with Gasteiger partial charge in [-0.3, -0.25) is 70.2 Å². The molecule has 3 saturated heterocycles. The predicted octanol–water partition coefficient (Wildman–Crippen LogP) is 7.85. The maximum absolute atomic E-state index is 15.8. The van der Waals surface area contributed by atoms with Crippen LogP contribution in [0.5, 0.6) is 11.5 Å². The second-order valence-corrected chi connectivity index (χ2v) is 29.2. The number of hydrogen-bond acceptors (Lipinski definition) is 28. The fourth-order valence-corrected chi connectivity index (χ4v) is 16.7. The molecule has 37 heteroatoms. The first-order chi connectivity index (χ1) is 49.4. The number of nitrogens with one attached hydrogen (secondary N) is 3. The van der Waals surface area contributed by atoms with E-state index in [2.05, 4.69) is 31.0 Å². The predicted molar refractivity (Wildman–Crippen MR) is 368 cm³/mol. The Hall–Kier alpha value is -8.39. The van der Waals surface area contributed by atoms with Crippen molar-refractivity contribution in [2.24, 2.45) is 0 Å². The van der Waals surface area contributed by atoms with E-state index in [0.717, 1.165) is 9.13 Å². The Balaban J connectivity index is 0.995.